The molecule has 1 heterocycles. The number of carbonyl (C=O) groups is 1. The Labute approximate surface area is 135 Å². The lowest BCUT2D eigenvalue weighted by Gasteiger charge is -2.23. The first-order chi connectivity index (χ1) is 11.3. The van der Waals surface area contributed by atoms with Gasteiger partial charge in [-0.2, -0.15) is 0 Å². The molecule has 0 amide bonds. The Morgan fingerprint density at radius 2 is 2.22 bits per heavy atom. The van der Waals surface area contributed by atoms with Crippen molar-refractivity contribution in [1.29, 1.82) is 0 Å². The summed E-state index contributed by atoms with van der Waals surface area (Å²) in [5, 5.41) is 0. The largest absolute Gasteiger partial charge is 0.464 e. The summed E-state index contributed by atoms with van der Waals surface area (Å²) in [4.78, 5) is 12.0. The highest BCUT2D eigenvalue weighted by atomic mass is 16.5. The van der Waals surface area contributed by atoms with Crippen LogP contribution in [0.3, 0.4) is 0 Å². The summed E-state index contributed by atoms with van der Waals surface area (Å²) < 4.78 is 16.1. The van der Waals surface area contributed by atoms with Gasteiger partial charge in [0, 0.05) is 13.0 Å². The zero-order chi connectivity index (χ0) is 15.9. The average Bonchev–Trinajstić information content (AvgIpc) is 3.14. The number of fused-ring (bicyclic) bond motifs is 2. The van der Waals surface area contributed by atoms with Gasteiger partial charge in [-0.1, -0.05) is 42.5 Å². The summed E-state index contributed by atoms with van der Waals surface area (Å²) in [6.07, 6.45) is 8.21. The Morgan fingerprint density at radius 3 is 3.09 bits per heavy atom. The predicted molar refractivity (Wildman–Crippen MR) is 85.8 cm³/mol. The molecule has 120 valence electrons. The summed E-state index contributed by atoms with van der Waals surface area (Å²) in [5.74, 6) is 0.257. The molecule has 2 aliphatic carbocycles. The van der Waals surface area contributed by atoms with Crippen LogP contribution in [-0.4, -0.2) is 32.9 Å². The van der Waals surface area contributed by atoms with Crippen LogP contribution in [0.2, 0.25) is 0 Å². The Kier molecular flexibility index (Phi) is 3.58. The van der Waals surface area contributed by atoms with E-state index in [1.807, 2.05) is 12.2 Å². The van der Waals surface area contributed by atoms with Gasteiger partial charge in [-0.15, -0.1) is 0 Å². The second-order valence-electron chi connectivity index (χ2n) is 6.33. The number of cyclic esters (lactones) is 1. The van der Waals surface area contributed by atoms with Crippen molar-refractivity contribution in [3.05, 3.63) is 53.1 Å². The number of allylic oxidation sites excluding steroid dienone is 1. The lowest BCUT2D eigenvalue weighted by molar-refractivity contribution is -0.141. The van der Waals surface area contributed by atoms with Gasteiger partial charge in [0.2, 0.25) is 0 Å². The molecule has 1 aromatic rings. The molecule has 4 heteroatoms. The van der Waals surface area contributed by atoms with Crippen molar-refractivity contribution in [3.8, 4) is 0 Å². The van der Waals surface area contributed by atoms with Crippen molar-refractivity contribution in [3.63, 3.8) is 0 Å². The van der Waals surface area contributed by atoms with Crippen LogP contribution >= 0.6 is 0 Å². The lowest BCUT2D eigenvalue weighted by Crippen LogP contribution is -2.21. The number of benzene rings is 1. The van der Waals surface area contributed by atoms with Crippen LogP contribution in [0.1, 0.15) is 16.7 Å². The first-order valence-corrected chi connectivity index (χ1v) is 7.98. The molecule has 4 nitrogen and oxygen atoms in total. The topological polar surface area (TPSA) is 44.8 Å². The van der Waals surface area contributed by atoms with Crippen LogP contribution in [0.15, 0.2) is 36.4 Å². The molecule has 3 atom stereocenters. The smallest absolute Gasteiger partial charge is 0.310 e. The maximum Gasteiger partial charge on any atom is 0.310 e. The fourth-order valence-corrected chi connectivity index (χ4v) is 4.09. The van der Waals surface area contributed by atoms with E-state index >= 15 is 0 Å². The molecule has 1 saturated heterocycles. The van der Waals surface area contributed by atoms with Crippen molar-refractivity contribution in [2.75, 3.05) is 26.9 Å². The second-order valence-corrected chi connectivity index (χ2v) is 6.33. The number of rotatable bonds is 6. The first kappa shape index (κ1) is 14.7. The standard InChI is InChI=1S/C19H20O4/c1-21-9-2-3-10-22-11-14-6-4-5-13-7-8-15-17-18(20)23-12-19(15,17)16(13)14/h2-8,15,17H,9-12H2,1H3/b3-2-/t15-,17-,19?/m0/s1. The number of methoxy groups -OCH3 is 1. The molecule has 3 aliphatic rings. The van der Waals surface area contributed by atoms with Crippen LogP contribution in [0.25, 0.3) is 6.08 Å². The predicted octanol–water partition coefficient (Wildman–Crippen LogP) is 2.47. The molecule has 1 spiro atoms. The molecule has 2 fully saturated rings. The van der Waals surface area contributed by atoms with Gasteiger partial charge >= 0.3 is 5.97 Å². The number of carbonyl (C=O) groups excluding carboxylic acids is 1. The normalized spacial score (nSPS) is 30.0. The molecule has 1 unspecified atom stereocenters. The van der Waals surface area contributed by atoms with Crippen molar-refractivity contribution in [2.24, 2.45) is 11.8 Å². The zero-order valence-corrected chi connectivity index (χ0v) is 13.2. The van der Waals surface area contributed by atoms with Gasteiger partial charge in [0.1, 0.15) is 6.61 Å². The van der Waals surface area contributed by atoms with Crippen molar-refractivity contribution >= 4 is 12.0 Å². The van der Waals surface area contributed by atoms with Crippen LogP contribution in [0, 0.1) is 11.8 Å². The summed E-state index contributed by atoms with van der Waals surface area (Å²) in [6.45, 7) is 2.20. The summed E-state index contributed by atoms with van der Waals surface area (Å²) >= 11 is 0. The first-order valence-electron chi connectivity index (χ1n) is 7.98. The van der Waals surface area contributed by atoms with Crippen molar-refractivity contribution in [2.45, 2.75) is 12.0 Å². The van der Waals surface area contributed by atoms with Crippen LogP contribution in [-0.2, 0) is 31.0 Å². The van der Waals surface area contributed by atoms with E-state index < -0.39 is 0 Å². The Balaban J connectivity index is 1.55. The zero-order valence-electron chi connectivity index (χ0n) is 13.2. The Bertz CT molecular complexity index is 691. The Morgan fingerprint density at radius 1 is 1.35 bits per heavy atom. The van der Waals surface area contributed by atoms with E-state index in [0.717, 1.165) is 5.56 Å². The molecule has 0 bridgehead atoms. The highest BCUT2D eigenvalue weighted by molar-refractivity contribution is 5.87. The van der Waals surface area contributed by atoms with Crippen molar-refractivity contribution in [1.82, 2.24) is 0 Å². The molecular weight excluding hydrogens is 292 g/mol. The highest BCUT2D eigenvalue weighted by Gasteiger charge is 2.74. The van der Waals surface area contributed by atoms with Gasteiger partial charge in [-0.05, 0) is 16.7 Å². The molecule has 23 heavy (non-hydrogen) atoms. The van der Waals surface area contributed by atoms with Crippen molar-refractivity contribution < 1.29 is 19.0 Å². The van der Waals surface area contributed by atoms with E-state index in [0.29, 0.717) is 32.3 Å². The molecule has 0 N–H and O–H groups in total. The van der Waals surface area contributed by atoms with E-state index in [1.165, 1.54) is 11.1 Å². The fourth-order valence-electron chi connectivity index (χ4n) is 4.09. The van der Waals surface area contributed by atoms with E-state index in [1.54, 1.807) is 7.11 Å². The molecule has 0 radical (unpaired) electrons. The van der Waals surface area contributed by atoms with Gasteiger partial charge in [0.25, 0.3) is 0 Å². The monoisotopic (exact) mass is 312 g/mol. The second kappa shape index (κ2) is 5.62. The van der Waals surface area contributed by atoms with E-state index in [2.05, 4.69) is 30.4 Å². The van der Waals surface area contributed by atoms with Crippen LogP contribution < -0.4 is 0 Å². The minimum atomic E-state index is -0.132. The third-order valence-corrected chi connectivity index (χ3v) is 5.14. The molecule has 1 saturated carbocycles. The lowest BCUT2D eigenvalue weighted by atomic mass is 9.82. The molecule has 0 aromatic heterocycles. The number of hydrogen-bond acceptors (Lipinski definition) is 4. The molecular formula is C19H20O4. The number of ether oxygens (including phenoxy) is 3. The minimum absolute atomic E-state index is 0.00255. The summed E-state index contributed by atoms with van der Waals surface area (Å²) in [7, 11) is 1.67. The van der Waals surface area contributed by atoms with Gasteiger partial charge in [-0.25, -0.2) is 0 Å². The van der Waals surface area contributed by atoms with Gasteiger partial charge in [-0.3, -0.25) is 4.79 Å². The fraction of sp³-hybridized carbons (Fsp3) is 0.421. The number of esters is 1. The highest BCUT2D eigenvalue weighted by Crippen LogP contribution is 2.67. The molecule has 1 aromatic carbocycles. The maximum atomic E-state index is 12.0. The summed E-state index contributed by atoms with van der Waals surface area (Å²) in [5.41, 5.74) is 3.48. The van der Waals surface area contributed by atoms with Gasteiger partial charge < -0.3 is 14.2 Å². The third kappa shape index (κ3) is 2.17. The van der Waals surface area contributed by atoms with E-state index in [4.69, 9.17) is 14.2 Å². The summed E-state index contributed by atoms with van der Waals surface area (Å²) in [6, 6.07) is 6.26. The van der Waals surface area contributed by atoms with Crippen LogP contribution in [0.4, 0.5) is 0 Å². The minimum Gasteiger partial charge on any atom is -0.464 e. The third-order valence-electron chi connectivity index (χ3n) is 5.14. The Hall–Kier alpha value is -1.91. The van der Waals surface area contributed by atoms with Crippen LogP contribution in [0.5, 0.6) is 0 Å². The van der Waals surface area contributed by atoms with Gasteiger partial charge in [0.15, 0.2) is 0 Å². The average molecular weight is 312 g/mol. The number of hydrogen-bond donors (Lipinski definition) is 0. The quantitative estimate of drug-likeness (QED) is 0.460. The SMILES string of the molecule is COC/C=C\COCc1cccc2c1C13COC(=O)[C@@H]1[C@@H]3C=C2. The molecule has 4 rings (SSSR count). The van der Waals surface area contributed by atoms with E-state index in [-0.39, 0.29) is 17.3 Å². The van der Waals surface area contributed by atoms with E-state index in [9.17, 15) is 4.79 Å². The van der Waals surface area contributed by atoms with Gasteiger partial charge in [0.05, 0.1) is 31.2 Å². The maximum absolute atomic E-state index is 12.0. The molecule has 1 aliphatic heterocycles.